The van der Waals surface area contributed by atoms with E-state index in [2.05, 4.69) is 5.32 Å². The van der Waals surface area contributed by atoms with Crippen LogP contribution in [0.1, 0.15) is 12.0 Å². The largest absolute Gasteiger partial charge is 0.344 e. The molecule has 4 heteroatoms. The van der Waals surface area contributed by atoms with Crippen LogP contribution in [0.3, 0.4) is 0 Å². The number of nitrogens with one attached hydrogen (secondary N) is 1. The van der Waals surface area contributed by atoms with E-state index in [1.807, 2.05) is 6.07 Å². The van der Waals surface area contributed by atoms with Gasteiger partial charge in [0.1, 0.15) is 5.82 Å². The van der Waals surface area contributed by atoms with Crippen molar-refractivity contribution >= 4 is 5.91 Å². The summed E-state index contributed by atoms with van der Waals surface area (Å²) in [7, 11) is 1.81. The SMILES string of the molecule is CN1CCC(NCCc2ccccc2F)C1=O. The van der Waals surface area contributed by atoms with E-state index < -0.39 is 0 Å². The number of nitrogens with zero attached hydrogens (tertiary/aromatic N) is 1. The van der Waals surface area contributed by atoms with E-state index in [-0.39, 0.29) is 17.8 Å². The molecule has 1 aliphatic rings. The number of hydrogen-bond donors (Lipinski definition) is 1. The zero-order valence-corrected chi connectivity index (χ0v) is 9.95. The Morgan fingerprint density at radius 1 is 1.47 bits per heavy atom. The predicted octanol–water partition coefficient (Wildman–Crippen LogP) is 1.19. The first kappa shape index (κ1) is 12.0. The molecule has 92 valence electrons. The van der Waals surface area contributed by atoms with E-state index in [0.29, 0.717) is 18.5 Å². The fraction of sp³-hybridized carbons (Fsp3) is 0.462. The van der Waals surface area contributed by atoms with Gasteiger partial charge in [0.05, 0.1) is 6.04 Å². The second-order valence-electron chi connectivity index (χ2n) is 4.40. The summed E-state index contributed by atoms with van der Waals surface area (Å²) in [6.07, 6.45) is 1.45. The highest BCUT2D eigenvalue weighted by Gasteiger charge is 2.27. The van der Waals surface area contributed by atoms with Gasteiger partial charge in [0, 0.05) is 20.1 Å². The first-order valence-corrected chi connectivity index (χ1v) is 5.90. The molecule has 1 heterocycles. The Morgan fingerprint density at radius 2 is 2.24 bits per heavy atom. The molecule has 1 atom stereocenters. The molecule has 1 amide bonds. The normalized spacial score (nSPS) is 20.0. The average molecular weight is 236 g/mol. The summed E-state index contributed by atoms with van der Waals surface area (Å²) in [5.74, 6) is -0.0392. The maximum absolute atomic E-state index is 13.3. The van der Waals surface area contributed by atoms with Gasteiger partial charge in [-0.1, -0.05) is 18.2 Å². The summed E-state index contributed by atoms with van der Waals surface area (Å²) < 4.78 is 13.3. The molecule has 0 bridgehead atoms. The van der Waals surface area contributed by atoms with E-state index in [1.54, 1.807) is 24.1 Å². The molecule has 1 aromatic rings. The molecule has 17 heavy (non-hydrogen) atoms. The van der Waals surface area contributed by atoms with Crippen molar-refractivity contribution in [1.82, 2.24) is 10.2 Å². The summed E-state index contributed by atoms with van der Waals surface area (Å²) in [5.41, 5.74) is 0.693. The highest BCUT2D eigenvalue weighted by atomic mass is 19.1. The summed E-state index contributed by atoms with van der Waals surface area (Å²) in [6.45, 7) is 1.43. The van der Waals surface area contributed by atoms with E-state index in [1.165, 1.54) is 6.07 Å². The summed E-state index contributed by atoms with van der Waals surface area (Å²) in [6, 6.07) is 6.66. The zero-order chi connectivity index (χ0) is 12.3. The molecule has 0 saturated carbocycles. The number of benzene rings is 1. The fourth-order valence-electron chi connectivity index (χ4n) is 2.09. The Hall–Kier alpha value is -1.42. The number of amides is 1. The quantitative estimate of drug-likeness (QED) is 0.851. The van der Waals surface area contributed by atoms with Gasteiger partial charge in [0.2, 0.25) is 5.91 Å². The Balaban J connectivity index is 1.81. The lowest BCUT2D eigenvalue weighted by Crippen LogP contribution is -2.37. The van der Waals surface area contributed by atoms with Gasteiger partial charge >= 0.3 is 0 Å². The predicted molar refractivity (Wildman–Crippen MR) is 64.1 cm³/mol. The average Bonchev–Trinajstić information content (AvgIpc) is 2.63. The molecule has 0 spiro atoms. The molecule has 1 aromatic carbocycles. The summed E-state index contributed by atoms with van der Waals surface area (Å²) >= 11 is 0. The van der Waals surface area contributed by atoms with Gasteiger partial charge in [-0.3, -0.25) is 4.79 Å². The molecule has 1 unspecified atom stereocenters. The maximum Gasteiger partial charge on any atom is 0.239 e. The van der Waals surface area contributed by atoms with Crippen LogP contribution in [0.15, 0.2) is 24.3 Å². The first-order chi connectivity index (χ1) is 8.18. The van der Waals surface area contributed by atoms with E-state index in [4.69, 9.17) is 0 Å². The molecule has 3 nitrogen and oxygen atoms in total. The first-order valence-electron chi connectivity index (χ1n) is 5.90. The third-order valence-corrected chi connectivity index (χ3v) is 3.17. The Bertz CT molecular complexity index is 408. The van der Waals surface area contributed by atoms with Gasteiger partial charge in [0.15, 0.2) is 0 Å². The number of carbonyl (C=O) groups excluding carboxylic acids is 1. The van der Waals surface area contributed by atoms with Crippen LogP contribution in [0, 0.1) is 5.82 Å². The van der Waals surface area contributed by atoms with Crippen LogP contribution in [0.25, 0.3) is 0 Å². The van der Waals surface area contributed by atoms with Crippen LogP contribution in [-0.4, -0.2) is 37.0 Å². The number of likely N-dealkylation sites (tertiary alicyclic amines) is 1. The molecule has 1 N–H and O–H groups in total. The number of rotatable bonds is 4. The van der Waals surface area contributed by atoms with Crippen LogP contribution in [0.5, 0.6) is 0 Å². The monoisotopic (exact) mass is 236 g/mol. The van der Waals surface area contributed by atoms with Crippen LogP contribution < -0.4 is 5.32 Å². The third-order valence-electron chi connectivity index (χ3n) is 3.17. The van der Waals surface area contributed by atoms with Crippen molar-refractivity contribution in [2.45, 2.75) is 18.9 Å². The lowest BCUT2D eigenvalue weighted by molar-refractivity contribution is -0.128. The van der Waals surface area contributed by atoms with Crippen LogP contribution >= 0.6 is 0 Å². The molecule has 0 aromatic heterocycles. The molecular formula is C13H17FN2O. The van der Waals surface area contributed by atoms with Gasteiger partial charge in [0.25, 0.3) is 0 Å². The van der Waals surface area contributed by atoms with Crippen molar-refractivity contribution in [3.63, 3.8) is 0 Å². The molecule has 1 fully saturated rings. The number of likely N-dealkylation sites (N-methyl/N-ethyl adjacent to an activating group) is 1. The van der Waals surface area contributed by atoms with Crippen molar-refractivity contribution in [3.05, 3.63) is 35.6 Å². The molecule has 1 aliphatic heterocycles. The van der Waals surface area contributed by atoms with E-state index >= 15 is 0 Å². The van der Waals surface area contributed by atoms with Gasteiger partial charge in [-0.15, -0.1) is 0 Å². The highest BCUT2D eigenvalue weighted by molar-refractivity contribution is 5.83. The number of halogens is 1. The molecular weight excluding hydrogens is 219 g/mol. The Kier molecular flexibility index (Phi) is 3.74. The number of carbonyl (C=O) groups is 1. The minimum absolute atomic E-state index is 0.0910. The van der Waals surface area contributed by atoms with Crippen molar-refractivity contribution in [3.8, 4) is 0 Å². The molecule has 2 rings (SSSR count). The standard InChI is InChI=1S/C13H17FN2O/c1-16-9-7-12(13(16)17)15-8-6-10-4-2-3-5-11(10)14/h2-5,12,15H,6-9H2,1H3. The van der Waals surface area contributed by atoms with Crippen LogP contribution in [0.2, 0.25) is 0 Å². The van der Waals surface area contributed by atoms with Crippen LogP contribution in [0.4, 0.5) is 4.39 Å². The van der Waals surface area contributed by atoms with E-state index in [9.17, 15) is 9.18 Å². The van der Waals surface area contributed by atoms with Crippen molar-refractivity contribution in [2.75, 3.05) is 20.1 Å². The molecule has 1 saturated heterocycles. The fourth-order valence-corrected chi connectivity index (χ4v) is 2.09. The summed E-state index contributed by atoms with van der Waals surface area (Å²) in [4.78, 5) is 13.3. The van der Waals surface area contributed by atoms with Crippen molar-refractivity contribution in [1.29, 1.82) is 0 Å². The Morgan fingerprint density at radius 3 is 2.88 bits per heavy atom. The smallest absolute Gasteiger partial charge is 0.239 e. The van der Waals surface area contributed by atoms with Gasteiger partial charge < -0.3 is 10.2 Å². The lowest BCUT2D eigenvalue weighted by Gasteiger charge is -2.12. The van der Waals surface area contributed by atoms with Gasteiger partial charge in [-0.05, 0) is 24.5 Å². The lowest BCUT2D eigenvalue weighted by atomic mass is 10.1. The molecule has 0 radical (unpaired) electrons. The highest BCUT2D eigenvalue weighted by Crippen LogP contribution is 2.09. The van der Waals surface area contributed by atoms with E-state index in [0.717, 1.165) is 13.0 Å². The summed E-state index contributed by atoms with van der Waals surface area (Å²) in [5, 5.41) is 3.18. The van der Waals surface area contributed by atoms with Crippen molar-refractivity contribution < 1.29 is 9.18 Å². The second-order valence-corrected chi connectivity index (χ2v) is 4.40. The third kappa shape index (κ3) is 2.82. The molecule has 0 aliphatic carbocycles. The van der Waals surface area contributed by atoms with Crippen LogP contribution in [-0.2, 0) is 11.2 Å². The maximum atomic E-state index is 13.3. The van der Waals surface area contributed by atoms with Gasteiger partial charge in [-0.2, -0.15) is 0 Å². The number of hydrogen-bond acceptors (Lipinski definition) is 2. The topological polar surface area (TPSA) is 32.3 Å². The second kappa shape index (κ2) is 5.27. The zero-order valence-electron chi connectivity index (χ0n) is 9.95. The minimum atomic E-state index is -0.177. The van der Waals surface area contributed by atoms with Gasteiger partial charge in [-0.25, -0.2) is 4.39 Å². The Labute approximate surface area is 101 Å². The minimum Gasteiger partial charge on any atom is -0.344 e. The van der Waals surface area contributed by atoms with Crippen molar-refractivity contribution in [2.24, 2.45) is 0 Å².